The van der Waals surface area contributed by atoms with Crippen LogP contribution in [0, 0.1) is 12.7 Å². The molecule has 0 aliphatic rings. The Morgan fingerprint density at radius 2 is 1.88 bits per heavy atom. The van der Waals surface area contributed by atoms with Gasteiger partial charge in [0.1, 0.15) is 17.9 Å². The number of halogens is 1. The van der Waals surface area contributed by atoms with Crippen molar-refractivity contribution in [2.24, 2.45) is 0 Å². The smallest absolute Gasteiger partial charge is 0.336 e. The fourth-order valence-corrected chi connectivity index (χ4v) is 3.40. The third kappa shape index (κ3) is 4.02. The van der Waals surface area contributed by atoms with Crippen molar-refractivity contribution in [1.82, 2.24) is 0 Å². The number of fused-ring (bicyclic) bond motifs is 1. The Labute approximate surface area is 152 Å². The molecule has 0 fully saturated rings. The van der Waals surface area contributed by atoms with Crippen LogP contribution in [0.3, 0.4) is 0 Å². The van der Waals surface area contributed by atoms with Crippen molar-refractivity contribution in [3.63, 3.8) is 0 Å². The molecule has 26 heavy (non-hydrogen) atoms. The number of rotatable bonds is 6. The van der Waals surface area contributed by atoms with E-state index < -0.39 is 0 Å². The predicted molar refractivity (Wildman–Crippen MR) is 102 cm³/mol. The number of nitrogens with two attached hydrogens (primary N) is 1. The van der Waals surface area contributed by atoms with E-state index in [-0.39, 0.29) is 11.4 Å². The van der Waals surface area contributed by atoms with Crippen LogP contribution in [0.1, 0.15) is 42.0 Å². The normalized spacial score (nSPS) is 11.4. The molecule has 0 bridgehead atoms. The lowest BCUT2D eigenvalue weighted by Gasteiger charge is -2.12. The molecule has 0 saturated heterocycles. The van der Waals surface area contributed by atoms with E-state index in [1.807, 2.05) is 25.1 Å². The molecule has 0 radical (unpaired) electrons. The van der Waals surface area contributed by atoms with Gasteiger partial charge in [-0.2, -0.15) is 0 Å². The molecule has 2 N–H and O–H groups in total. The molecule has 2 aromatic carbocycles. The Hall–Kier alpha value is -2.46. The van der Waals surface area contributed by atoms with Crippen molar-refractivity contribution >= 4 is 11.0 Å². The van der Waals surface area contributed by atoms with Gasteiger partial charge in [0.15, 0.2) is 0 Å². The van der Waals surface area contributed by atoms with E-state index in [1.165, 1.54) is 11.6 Å². The van der Waals surface area contributed by atoms with Crippen LogP contribution in [0.15, 0.2) is 51.7 Å². The van der Waals surface area contributed by atoms with Crippen molar-refractivity contribution in [2.75, 3.05) is 6.54 Å². The van der Waals surface area contributed by atoms with E-state index in [0.717, 1.165) is 28.6 Å². The third-order valence-corrected chi connectivity index (χ3v) is 4.78. The van der Waals surface area contributed by atoms with Gasteiger partial charge >= 0.3 is 5.63 Å². The highest BCUT2D eigenvalue weighted by Crippen LogP contribution is 2.26. The van der Waals surface area contributed by atoms with E-state index in [1.54, 1.807) is 12.1 Å². The van der Waals surface area contributed by atoms with E-state index in [9.17, 15) is 9.18 Å². The maximum atomic E-state index is 13.7. The monoisotopic (exact) mass is 354 g/mol. The van der Waals surface area contributed by atoms with Gasteiger partial charge in [-0.15, -0.1) is 0 Å². The molecular weight excluding hydrogens is 329 g/mol. The molecule has 0 atom stereocenters. The van der Waals surface area contributed by atoms with Crippen LogP contribution in [-0.2, 0) is 13.0 Å². The van der Waals surface area contributed by atoms with Gasteiger partial charge in [0, 0.05) is 23.4 Å². The van der Waals surface area contributed by atoms with E-state index >= 15 is 0 Å². The first-order chi connectivity index (χ1) is 12.5. The second kappa shape index (κ2) is 7.83. The van der Waals surface area contributed by atoms with Crippen LogP contribution in [0.4, 0.5) is 4.39 Å². The second-order valence-electron chi connectivity index (χ2n) is 7.07. The fourth-order valence-electron chi connectivity index (χ4n) is 3.40. The van der Waals surface area contributed by atoms with Crippen molar-refractivity contribution in [2.45, 2.75) is 39.7 Å². The van der Waals surface area contributed by atoms with E-state index in [4.69, 9.17) is 4.42 Å². The Bertz CT molecular complexity index is 976. The molecule has 0 saturated carbocycles. The summed E-state index contributed by atoms with van der Waals surface area (Å²) in [6, 6.07) is 12.5. The summed E-state index contributed by atoms with van der Waals surface area (Å²) >= 11 is 0. The minimum absolute atomic E-state index is 0.163. The van der Waals surface area contributed by atoms with Crippen LogP contribution in [0.25, 0.3) is 11.0 Å². The Morgan fingerprint density at radius 1 is 1.12 bits per heavy atom. The first-order valence-corrected chi connectivity index (χ1v) is 9.08. The Morgan fingerprint density at radius 3 is 2.62 bits per heavy atom. The lowest BCUT2D eigenvalue weighted by molar-refractivity contribution is -0.670. The van der Waals surface area contributed by atoms with Gasteiger partial charge < -0.3 is 9.73 Å². The summed E-state index contributed by atoms with van der Waals surface area (Å²) in [4.78, 5) is 11.9. The fraction of sp³-hybridized carbons (Fsp3) is 0.318. The van der Waals surface area contributed by atoms with Crippen LogP contribution >= 0.6 is 0 Å². The average molecular weight is 354 g/mol. The first-order valence-electron chi connectivity index (χ1n) is 9.08. The zero-order valence-electron chi connectivity index (χ0n) is 15.5. The number of quaternary nitrogens is 1. The lowest BCUT2D eigenvalue weighted by atomic mass is 9.95. The minimum atomic E-state index is -0.327. The average Bonchev–Trinajstić information content (AvgIpc) is 2.59. The molecule has 1 heterocycles. The number of hydrogen-bond acceptors (Lipinski definition) is 2. The molecule has 0 amide bonds. The quantitative estimate of drug-likeness (QED) is 0.542. The summed E-state index contributed by atoms with van der Waals surface area (Å²) in [6.07, 6.45) is 0.655. The highest BCUT2D eigenvalue weighted by atomic mass is 19.1. The molecule has 0 aliphatic carbocycles. The van der Waals surface area contributed by atoms with Gasteiger partial charge in [0.2, 0.25) is 0 Å². The second-order valence-corrected chi connectivity index (χ2v) is 7.07. The van der Waals surface area contributed by atoms with E-state index in [2.05, 4.69) is 25.2 Å². The number of hydrogen-bond donors (Lipinski definition) is 1. The number of aryl methyl sites for hydroxylation is 1. The Kier molecular flexibility index (Phi) is 5.52. The lowest BCUT2D eigenvalue weighted by Crippen LogP contribution is -2.83. The van der Waals surface area contributed by atoms with E-state index in [0.29, 0.717) is 24.5 Å². The molecular formula is C22H25FNO2+. The zero-order valence-corrected chi connectivity index (χ0v) is 15.5. The predicted octanol–water partition coefficient (Wildman–Crippen LogP) is 3.67. The van der Waals surface area contributed by atoms with Gasteiger partial charge in [-0.3, -0.25) is 0 Å². The maximum Gasteiger partial charge on any atom is 0.336 e. The van der Waals surface area contributed by atoms with Gasteiger partial charge in [-0.25, -0.2) is 9.18 Å². The third-order valence-electron chi connectivity index (χ3n) is 4.78. The van der Waals surface area contributed by atoms with Gasteiger partial charge in [0.25, 0.3) is 0 Å². The van der Waals surface area contributed by atoms with Gasteiger partial charge in [-0.1, -0.05) is 32.0 Å². The van der Waals surface area contributed by atoms with Crippen molar-refractivity contribution < 1.29 is 14.1 Å². The topological polar surface area (TPSA) is 46.8 Å². The van der Waals surface area contributed by atoms with Crippen LogP contribution in [0.5, 0.6) is 0 Å². The zero-order chi connectivity index (χ0) is 18.7. The summed E-state index contributed by atoms with van der Waals surface area (Å²) in [5.74, 6) is 0.243. The molecule has 4 heteroatoms. The molecule has 1 aromatic heterocycles. The summed E-state index contributed by atoms with van der Waals surface area (Å²) in [6.45, 7) is 7.78. The summed E-state index contributed by atoms with van der Waals surface area (Å²) in [5.41, 5.74) is 4.39. The highest BCUT2D eigenvalue weighted by Gasteiger charge is 2.12. The molecule has 3 rings (SSSR count). The standard InChI is InChI=1S/C22H24FNO2/c1-14(2)18-12-19-17(11-22(25)26-21(19)10-15(18)3)13-24-9-8-16-6-4-5-7-20(16)23/h4-7,10-12,14,24H,8-9,13H2,1-3H3/p+1. The highest BCUT2D eigenvalue weighted by molar-refractivity contribution is 5.82. The molecule has 0 spiro atoms. The Balaban J connectivity index is 1.79. The summed E-state index contributed by atoms with van der Waals surface area (Å²) in [7, 11) is 0. The SMILES string of the molecule is Cc1cc2oc(=O)cc(C[NH2+]CCc3ccccc3F)c2cc1C(C)C. The summed E-state index contributed by atoms with van der Waals surface area (Å²) < 4.78 is 19.1. The van der Waals surface area contributed by atoms with Crippen LogP contribution in [0.2, 0.25) is 0 Å². The molecule has 3 aromatic rings. The minimum Gasteiger partial charge on any atom is -0.423 e. The number of benzene rings is 2. The molecule has 136 valence electrons. The maximum absolute atomic E-state index is 13.7. The molecule has 3 nitrogen and oxygen atoms in total. The first kappa shape index (κ1) is 18.3. The largest absolute Gasteiger partial charge is 0.423 e. The van der Waals surface area contributed by atoms with Gasteiger partial charge in [0.05, 0.1) is 6.54 Å². The molecule has 0 unspecified atom stereocenters. The van der Waals surface area contributed by atoms with Crippen molar-refractivity contribution in [1.29, 1.82) is 0 Å². The molecule has 0 aliphatic heterocycles. The van der Waals surface area contributed by atoms with Crippen LogP contribution in [-0.4, -0.2) is 6.54 Å². The van der Waals surface area contributed by atoms with Crippen LogP contribution < -0.4 is 10.9 Å². The van der Waals surface area contributed by atoms with Crippen molar-refractivity contribution in [3.8, 4) is 0 Å². The van der Waals surface area contributed by atoms with Gasteiger partial charge in [-0.05, 0) is 47.7 Å². The van der Waals surface area contributed by atoms with Crippen molar-refractivity contribution in [3.05, 3.63) is 81.0 Å². The summed E-state index contributed by atoms with van der Waals surface area (Å²) in [5, 5.41) is 3.09.